The van der Waals surface area contributed by atoms with E-state index in [9.17, 15) is 32.4 Å². The number of aryl methyl sites for hydroxylation is 3. The molecule has 67 heavy (non-hydrogen) atoms. The van der Waals surface area contributed by atoms with Crippen molar-refractivity contribution in [3.05, 3.63) is 114 Å². The number of hydrogen-bond acceptors (Lipinski definition) is 13. The molecule has 1 atom stereocenters. The first-order valence-electron chi connectivity index (χ1n) is 21.6. The van der Waals surface area contributed by atoms with E-state index in [2.05, 4.69) is 30.8 Å². The molecule has 5 aromatic rings. The molecule has 4 N–H and O–H groups in total. The lowest BCUT2D eigenvalue weighted by atomic mass is 10.1. The molecule has 19 nitrogen and oxygen atoms in total. The van der Waals surface area contributed by atoms with Crippen LogP contribution in [0.25, 0.3) is 10.9 Å². The number of fused-ring (bicyclic) bond motifs is 1. The summed E-state index contributed by atoms with van der Waals surface area (Å²) >= 11 is 0. The minimum atomic E-state index is -4.33. The molecule has 3 aromatic carbocycles. The van der Waals surface area contributed by atoms with Crippen LogP contribution in [0.15, 0.2) is 96.2 Å². The first kappa shape index (κ1) is 50.9. The topological polar surface area (TPSA) is 238 Å². The van der Waals surface area contributed by atoms with Gasteiger partial charge in [0.15, 0.2) is 0 Å². The second-order valence-electron chi connectivity index (χ2n) is 16.4. The highest BCUT2D eigenvalue weighted by molar-refractivity contribution is 7.89. The Labute approximate surface area is 389 Å². The van der Waals surface area contributed by atoms with Crippen molar-refractivity contribution >= 4 is 56.7 Å². The Morgan fingerprint density at radius 3 is 2.27 bits per heavy atom. The average Bonchev–Trinajstić information content (AvgIpc) is 3.70. The van der Waals surface area contributed by atoms with Gasteiger partial charge in [0.2, 0.25) is 15.9 Å². The summed E-state index contributed by atoms with van der Waals surface area (Å²) in [7, 11) is -3.22. The smallest absolute Gasteiger partial charge is 0.416 e. The predicted molar refractivity (Wildman–Crippen MR) is 249 cm³/mol. The number of benzene rings is 3. The number of rotatable bonds is 22. The zero-order chi connectivity index (χ0) is 48.6. The number of alkyl carbamates (subject to hydrolysis) is 1. The van der Waals surface area contributed by atoms with E-state index in [0.29, 0.717) is 54.0 Å². The Morgan fingerprint density at radius 2 is 1.58 bits per heavy atom. The molecule has 358 valence electrons. The van der Waals surface area contributed by atoms with Gasteiger partial charge in [0.25, 0.3) is 5.91 Å². The average molecular weight is 943 g/mol. The molecule has 2 aromatic heterocycles. The van der Waals surface area contributed by atoms with Crippen molar-refractivity contribution in [1.29, 1.82) is 0 Å². The molecule has 0 bridgehead atoms. The highest BCUT2D eigenvalue weighted by atomic mass is 32.2. The van der Waals surface area contributed by atoms with Crippen molar-refractivity contribution in [1.82, 2.24) is 35.4 Å². The molecule has 2 heterocycles. The molecule has 0 fully saturated rings. The molecule has 0 saturated heterocycles. The fraction of sp³-hybridized carbons (Fsp3) is 0.383. The lowest BCUT2D eigenvalue weighted by molar-refractivity contribution is -0.142. The van der Waals surface area contributed by atoms with Gasteiger partial charge in [-0.25, -0.2) is 23.0 Å². The summed E-state index contributed by atoms with van der Waals surface area (Å²) in [5.41, 5.74) is 1.83. The highest BCUT2D eigenvalue weighted by Gasteiger charge is 2.30. The summed E-state index contributed by atoms with van der Waals surface area (Å²) in [5, 5.41) is 13.1. The summed E-state index contributed by atoms with van der Waals surface area (Å²) in [6.45, 7) is 9.59. The van der Waals surface area contributed by atoms with Gasteiger partial charge in [-0.3, -0.25) is 24.0 Å². The van der Waals surface area contributed by atoms with Crippen LogP contribution in [0.5, 0.6) is 5.75 Å². The van der Waals surface area contributed by atoms with Gasteiger partial charge in [-0.05, 0) is 107 Å². The number of nitrogens with one attached hydrogen (secondary N) is 4. The Bertz CT molecular complexity index is 2580. The number of ether oxygens (including phenoxy) is 4. The van der Waals surface area contributed by atoms with E-state index >= 15 is 0 Å². The number of methoxy groups -OCH3 is 1. The van der Waals surface area contributed by atoms with E-state index in [0.717, 1.165) is 18.2 Å². The van der Waals surface area contributed by atoms with Crippen LogP contribution >= 0.6 is 0 Å². The normalized spacial score (nSPS) is 11.9. The summed E-state index contributed by atoms with van der Waals surface area (Å²) < 4.78 is 53.1. The Morgan fingerprint density at radius 1 is 0.866 bits per heavy atom. The summed E-state index contributed by atoms with van der Waals surface area (Å²) in [5.74, 6) is -0.860. The summed E-state index contributed by atoms with van der Waals surface area (Å²) in [4.78, 5) is 69.1. The monoisotopic (exact) mass is 942 g/mol. The fourth-order valence-electron chi connectivity index (χ4n) is 6.84. The van der Waals surface area contributed by atoms with Gasteiger partial charge in [-0.2, -0.15) is 9.82 Å². The lowest BCUT2D eigenvalue weighted by Gasteiger charge is -2.26. The van der Waals surface area contributed by atoms with Crippen LogP contribution < -0.4 is 30.3 Å². The van der Waals surface area contributed by atoms with Crippen molar-refractivity contribution in [3.63, 3.8) is 0 Å². The van der Waals surface area contributed by atoms with Crippen LogP contribution in [0.3, 0.4) is 0 Å². The number of anilines is 1. The number of amides is 4. The molecule has 0 spiro atoms. The Hall–Kier alpha value is -7.06. The molecule has 5 rings (SSSR count). The third-order valence-corrected chi connectivity index (χ3v) is 11.7. The maximum atomic E-state index is 13.7. The van der Waals surface area contributed by atoms with E-state index in [1.54, 1.807) is 88.1 Å². The molecule has 20 heteroatoms. The molecule has 0 aliphatic rings. The molecule has 4 amide bonds. The quantitative estimate of drug-likeness (QED) is 0.0390. The second-order valence-corrected chi connectivity index (χ2v) is 18.0. The number of hydrogen-bond donors (Lipinski definition) is 4. The van der Waals surface area contributed by atoms with Crippen molar-refractivity contribution in [2.45, 2.75) is 83.6 Å². The van der Waals surface area contributed by atoms with Gasteiger partial charge in [-0.15, -0.1) is 0 Å². The van der Waals surface area contributed by atoms with Crippen LogP contribution in [0.1, 0.15) is 67.1 Å². The molecule has 0 radical (unpaired) electrons. The van der Waals surface area contributed by atoms with Gasteiger partial charge >= 0.3 is 18.2 Å². The minimum absolute atomic E-state index is 0.0752. The molecule has 0 aliphatic heterocycles. The SMILES string of the molecule is COC(=O)[C@H](CNC(=O)c1ccc2c(cnn2CCCN(C(=O)OC(C)(C)C)c2ccccn2)c1)NS(=O)(=O)c1c(C)cc(OCCCC(=O)NCCNC(=O)OCc2ccccc2)cc1C. The third-order valence-electron chi connectivity index (χ3n) is 9.89. The van der Waals surface area contributed by atoms with Gasteiger partial charge < -0.3 is 34.9 Å². The van der Waals surface area contributed by atoms with Gasteiger partial charge in [-0.1, -0.05) is 36.4 Å². The minimum Gasteiger partial charge on any atom is -0.494 e. The van der Waals surface area contributed by atoms with E-state index in [1.807, 2.05) is 30.3 Å². The third kappa shape index (κ3) is 15.5. The first-order valence-corrected chi connectivity index (χ1v) is 23.1. The van der Waals surface area contributed by atoms with Crippen LogP contribution in [-0.4, -0.2) is 105 Å². The van der Waals surface area contributed by atoms with Crippen molar-refractivity contribution in [2.24, 2.45) is 0 Å². The molecule has 0 aliphatic carbocycles. The van der Waals surface area contributed by atoms with Crippen LogP contribution in [0, 0.1) is 13.8 Å². The van der Waals surface area contributed by atoms with Gasteiger partial charge in [0.1, 0.15) is 29.8 Å². The van der Waals surface area contributed by atoms with Crippen molar-refractivity contribution in [2.75, 3.05) is 44.8 Å². The summed E-state index contributed by atoms with van der Waals surface area (Å²) in [6, 6.07) is 21.1. The van der Waals surface area contributed by atoms with Gasteiger partial charge in [0.05, 0.1) is 30.3 Å². The maximum Gasteiger partial charge on any atom is 0.416 e. The van der Waals surface area contributed by atoms with E-state index < -0.39 is 52.3 Å². The first-order chi connectivity index (χ1) is 31.9. The van der Waals surface area contributed by atoms with Crippen LogP contribution in [0.4, 0.5) is 15.4 Å². The standard InChI is InChI=1S/C47H58N8O11S/c1-32-26-37(64-25-12-17-41(56)49-21-22-50-45(59)65-31-34-14-8-7-9-15-34)27-33(2)42(32)67(61,62)53-38(44(58)63-6)30-51-43(57)35-18-19-39-36(28-35)29-52-55(39)24-13-23-54(40-16-10-11-20-48-40)46(60)66-47(3,4)5/h7-11,14-16,18-20,26-29,38,53H,12-13,17,21-25,30-31H2,1-6H3,(H,49,56)(H,50,59)(H,51,57)/t38-/m0/s1. The number of carbonyl (C=O) groups is 5. The number of esters is 1. The Kier molecular flexibility index (Phi) is 18.2. The zero-order valence-corrected chi connectivity index (χ0v) is 39.3. The fourth-order valence-corrected chi connectivity index (χ4v) is 8.48. The molecular weight excluding hydrogens is 885 g/mol. The zero-order valence-electron chi connectivity index (χ0n) is 38.5. The second kappa shape index (κ2) is 23.9. The number of carbonyl (C=O) groups excluding carboxylic acids is 5. The highest BCUT2D eigenvalue weighted by Crippen LogP contribution is 2.27. The molecular formula is C47H58N8O11S. The van der Waals surface area contributed by atoms with E-state index in [1.165, 1.54) is 17.0 Å². The molecule has 0 unspecified atom stereocenters. The van der Waals surface area contributed by atoms with E-state index in [4.69, 9.17) is 18.9 Å². The van der Waals surface area contributed by atoms with Gasteiger partial charge in [0, 0.05) is 56.3 Å². The van der Waals surface area contributed by atoms with Crippen molar-refractivity contribution in [3.8, 4) is 5.75 Å². The Balaban J connectivity index is 1.09. The van der Waals surface area contributed by atoms with Crippen LogP contribution in [-0.2, 0) is 47.0 Å². The number of aromatic nitrogens is 3. The maximum absolute atomic E-state index is 13.7. The number of sulfonamides is 1. The van der Waals surface area contributed by atoms with E-state index in [-0.39, 0.29) is 49.1 Å². The summed E-state index contributed by atoms with van der Waals surface area (Å²) in [6.07, 6.45) is 3.15. The number of nitrogens with zero attached hydrogens (tertiary/aromatic N) is 4. The largest absolute Gasteiger partial charge is 0.494 e. The lowest BCUT2D eigenvalue weighted by Crippen LogP contribution is -2.49. The van der Waals surface area contributed by atoms with Crippen LogP contribution in [0.2, 0.25) is 0 Å². The predicted octanol–water partition coefficient (Wildman–Crippen LogP) is 5.33. The number of pyridine rings is 1. The molecule has 0 saturated carbocycles. The van der Waals surface area contributed by atoms with Crippen molar-refractivity contribution < 1.29 is 51.3 Å².